The summed E-state index contributed by atoms with van der Waals surface area (Å²) in [6.07, 6.45) is 0. The Hall–Kier alpha value is -2.35. The Morgan fingerprint density at radius 3 is 2.31 bits per heavy atom. The van der Waals surface area contributed by atoms with E-state index in [4.69, 9.17) is 37.3 Å². The average Bonchev–Trinajstić information content (AvgIpc) is 2.67. The second-order valence-corrected chi connectivity index (χ2v) is 6.71. The van der Waals surface area contributed by atoms with E-state index in [0.29, 0.717) is 29.3 Å². The van der Waals surface area contributed by atoms with Crippen LogP contribution >= 0.6 is 11.6 Å². The van der Waals surface area contributed by atoms with Crippen LogP contribution in [0.4, 0.5) is 0 Å². The summed E-state index contributed by atoms with van der Waals surface area (Å²) < 4.78 is 15.7. The van der Waals surface area contributed by atoms with Crippen molar-refractivity contribution in [1.82, 2.24) is 0 Å². The lowest BCUT2D eigenvalue weighted by Gasteiger charge is -2.25. The lowest BCUT2D eigenvalue weighted by atomic mass is 9.81. The van der Waals surface area contributed by atoms with E-state index in [9.17, 15) is 9.59 Å². The van der Waals surface area contributed by atoms with Crippen LogP contribution in [0.3, 0.4) is 0 Å². The highest BCUT2D eigenvalue weighted by atomic mass is 35.5. The first-order valence-electron chi connectivity index (χ1n) is 9.23. The molecule has 1 rings (SSSR count). The number of nitrogens with two attached hydrogens (primary N) is 2. The number of carbonyl (C=O) groups excluding carboxylic acids is 2. The molecule has 0 aliphatic heterocycles. The standard InChI is InChI=1S/C21H29ClN2O5/c1-5-29-21(26)17(13(2)12-28-11-10-23)19(15-8-6-7-9-16(15)22)18(14(3)24)20(25)27-4/h6-9,19H,5,10-12,23-24H2,1-4H3/b17-13-,18-14+. The molecule has 0 aliphatic carbocycles. The molecule has 0 bridgehead atoms. The van der Waals surface area contributed by atoms with E-state index < -0.39 is 17.9 Å². The average molecular weight is 425 g/mol. The maximum Gasteiger partial charge on any atom is 0.336 e. The van der Waals surface area contributed by atoms with Gasteiger partial charge in [-0.3, -0.25) is 0 Å². The van der Waals surface area contributed by atoms with Crippen molar-refractivity contribution in [3.05, 3.63) is 57.3 Å². The zero-order valence-electron chi connectivity index (χ0n) is 17.3. The molecule has 7 nitrogen and oxygen atoms in total. The van der Waals surface area contributed by atoms with E-state index in [0.717, 1.165) is 0 Å². The summed E-state index contributed by atoms with van der Waals surface area (Å²) in [6.45, 7) is 5.95. The largest absolute Gasteiger partial charge is 0.466 e. The minimum Gasteiger partial charge on any atom is -0.466 e. The Kier molecular flexibility index (Phi) is 10.4. The third-order valence-electron chi connectivity index (χ3n) is 4.16. The van der Waals surface area contributed by atoms with Crippen LogP contribution in [0, 0.1) is 0 Å². The Bertz CT molecular complexity index is 785. The first-order chi connectivity index (χ1) is 13.8. The van der Waals surface area contributed by atoms with Gasteiger partial charge in [-0.05, 0) is 38.0 Å². The van der Waals surface area contributed by atoms with Crippen molar-refractivity contribution in [3.8, 4) is 0 Å². The van der Waals surface area contributed by atoms with Gasteiger partial charge in [-0.2, -0.15) is 0 Å². The summed E-state index contributed by atoms with van der Waals surface area (Å²) in [5.41, 5.74) is 13.2. The van der Waals surface area contributed by atoms with Crippen molar-refractivity contribution in [2.45, 2.75) is 26.7 Å². The molecule has 1 aromatic carbocycles. The fraction of sp³-hybridized carbons (Fsp3) is 0.429. The molecule has 0 aliphatic rings. The number of halogens is 1. The number of methoxy groups -OCH3 is 1. The molecule has 160 valence electrons. The van der Waals surface area contributed by atoms with Crippen molar-refractivity contribution < 1.29 is 23.8 Å². The van der Waals surface area contributed by atoms with Crippen LogP contribution in [0.2, 0.25) is 5.02 Å². The Morgan fingerprint density at radius 1 is 1.14 bits per heavy atom. The third-order valence-corrected chi connectivity index (χ3v) is 4.50. The number of esters is 2. The first kappa shape index (κ1) is 24.7. The van der Waals surface area contributed by atoms with Crippen molar-refractivity contribution in [3.63, 3.8) is 0 Å². The highest BCUT2D eigenvalue weighted by molar-refractivity contribution is 6.31. The molecular formula is C21H29ClN2O5. The Labute approximate surface area is 176 Å². The summed E-state index contributed by atoms with van der Waals surface area (Å²) in [5.74, 6) is -2.14. The topological polar surface area (TPSA) is 114 Å². The predicted octanol–water partition coefficient (Wildman–Crippen LogP) is 2.68. The van der Waals surface area contributed by atoms with Crippen LogP contribution < -0.4 is 11.5 Å². The van der Waals surface area contributed by atoms with Crippen molar-refractivity contribution >= 4 is 23.5 Å². The van der Waals surface area contributed by atoms with Gasteiger partial charge < -0.3 is 25.7 Å². The first-order valence-corrected chi connectivity index (χ1v) is 9.61. The predicted molar refractivity (Wildman–Crippen MR) is 112 cm³/mol. The van der Waals surface area contributed by atoms with Gasteiger partial charge in [0.1, 0.15) is 0 Å². The van der Waals surface area contributed by atoms with Crippen molar-refractivity contribution in [1.29, 1.82) is 0 Å². The minimum absolute atomic E-state index is 0.113. The van der Waals surface area contributed by atoms with Crippen LogP contribution in [0.25, 0.3) is 0 Å². The van der Waals surface area contributed by atoms with Gasteiger partial charge in [-0.15, -0.1) is 0 Å². The van der Waals surface area contributed by atoms with Crippen molar-refractivity contribution in [2.24, 2.45) is 11.5 Å². The quantitative estimate of drug-likeness (QED) is 0.337. The number of ether oxygens (including phenoxy) is 3. The van der Waals surface area contributed by atoms with Gasteiger partial charge in [-0.1, -0.05) is 29.8 Å². The maximum absolute atomic E-state index is 13.0. The molecule has 0 amide bonds. The van der Waals surface area contributed by atoms with Gasteiger partial charge in [0.2, 0.25) is 0 Å². The van der Waals surface area contributed by atoms with E-state index in [1.165, 1.54) is 7.11 Å². The van der Waals surface area contributed by atoms with E-state index in [1.54, 1.807) is 45.0 Å². The van der Waals surface area contributed by atoms with Crippen LogP contribution in [-0.4, -0.2) is 45.4 Å². The second kappa shape index (κ2) is 12.3. The number of rotatable bonds is 10. The number of allylic oxidation sites excluding steroid dienone is 1. The summed E-state index contributed by atoms with van der Waals surface area (Å²) in [6, 6.07) is 6.92. The van der Waals surface area contributed by atoms with Crippen LogP contribution in [0.5, 0.6) is 0 Å². The normalized spacial score (nSPS) is 13.9. The highest BCUT2D eigenvalue weighted by Gasteiger charge is 2.35. The minimum atomic E-state index is -0.887. The monoisotopic (exact) mass is 424 g/mol. The molecule has 0 heterocycles. The fourth-order valence-electron chi connectivity index (χ4n) is 2.91. The summed E-state index contributed by atoms with van der Waals surface area (Å²) in [7, 11) is 1.25. The molecule has 1 atom stereocenters. The molecule has 29 heavy (non-hydrogen) atoms. The molecule has 8 heteroatoms. The lowest BCUT2D eigenvalue weighted by molar-refractivity contribution is -0.139. The molecule has 1 unspecified atom stereocenters. The van der Waals surface area contributed by atoms with Gasteiger partial charge in [0.15, 0.2) is 0 Å². The van der Waals surface area contributed by atoms with Crippen LogP contribution in [0.15, 0.2) is 46.7 Å². The maximum atomic E-state index is 13.0. The summed E-state index contributed by atoms with van der Waals surface area (Å²) >= 11 is 6.43. The Morgan fingerprint density at radius 2 is 1.79 bits per heavy atom. The number of hydrogen-bond acceptors (Lipinski definition) is 7. The SMILES string of the molecule is CCOC(=O)/C(=C(/C)COCCN)C(/C(C(=O)OC)=C(/C)N)c1ccccc1Cl. The number of carbonyl (C=O) groups is 2. The number of benzene rings is 1. The number of hydrogen-bond donors (Lipinski definition) is 2. The molecule has 0 saturated carbocycles. The molecule has 0 aromatic heterocycles. The van der Waals surface area contributed by atoms with E-state index >= 15 is 0 Å². The molecule has 4 N–H and O–H groups in total. The molecule has 1 aromatic rings. The summed E-state index contributed by atoms with van der Waals surface area (Å²) in [5, 5.41) is 0.373. The molecule has 0 radical (unpaired) electrons. The van der Waals surface area contributed by atoms with Crippen molar-refractivity contribution in [2.75, 3.05) is 33.5 Å². The van der Waals surface area contributed by atoms with Crippen LogP contribution in [0.1, 0.15) is 32.3 Å². The smallest absolute Gasteiger partial charge is 0.336 e. The zero-order valence-corrected chi connectivity index (χ0v) is 18.0. The lowest BCUT2D eigenvalue weighted by Crippen LogP contribution is -2.26. The van der Waals surface area contributed by atoms with Gasteiger partial charge in [-0.25, -0.2) is 9.59 Å². The van der Waals surface area contributed by atoms with Gasteiger partial charge in [0, 0.05) is 17.3 Å². The third kappa shape index (κ3) is 6.59. The Balaban J connectivity index is 3.79. The van der Waals surface area contributed by atoms with E-state index in [2.05, 4.69) is 0 Å². The summed E-state index contributed by atoms with van der Waals surface area (Å²) in [4.78, 5) is 25.6. The molecular weight excluding hydrogens is 396 g/mol. The van der Waals surface area contributed by atoms with Gasteiger partial charge >= 0.3 is 11.9 Å². The molecule has 0 fully saturated rings. The van der Waals surface area contributed by atoms with Crippen LogP contribution in [-0.2, 0) is 23.8 Å². The highest BCUT2D eigenvalue weighted by Crippen LogP contribution is 2.39. The second-order valence-electron chi connectivity index (χ2n) is 6.30. The van der Waals surface area contributed by atoms with Gasteiger partial charge in [0.25, 0.3) is 0 Å². The molecule has 0 saturated heterocycles. The van der Waals surface area contributed by atoms with Gasteiger partial charge in [0.05, 0.1) is 44.0 Å². The zero-order chi connectivity index (χ0) is 22.0. The molecule has 0 spiro atoms. The van der Waals surface area contributed by atoms with E-state index in [-0.39, 0.29) is 30.1 Å². The fourth-order valence-corrected chi connectivity index (χ4v) is 3.16. The van der Waals surface area contributed by atoms with E-state index in [1.807, 2.05) is 0 Å².